The van der Waals surface area contributed by atoms with Crippen LogP contribution in [0.3, 0.4) is 0 Å². The van der Waals surface area contributed by atoms with Gasteiger partial charge in [-0.3, -0.25) is 14.7 Å². The van der Waals surface area contributed by atoms with Gasteiger partial charge in [0.15, 0.2) is 5.82 Å². The van der Waals surface area contributed by atoms with Crippen molar-refractivity contribution in [1.82, 2.24) is 19.9 Å². The van der Waals surface area contributed by atoms with E-state index >= 15 is 0 Å². The lowest BCUT2D eigenvalue weighted by atomic mass is 9.72. The van der Waals surface area contributed by atoms with Crippen LogP contribution in [0.4, 0.5) is 5.82 Å². The van der Waals surface area contributed by atoms with Gasteiger partial charge in [0.1, 0.15) is 0 Å². The van der Waals surface area contributed by atoms with Crippen LogP contribution in [0.1, 0.15) is 23.5 Å². The third-order valence-electron chi connectivity index (χ3n) is 6.30. The normalized spacial score (nSPS) is 24.6. The summed E-state index contributed by atoms with van der Waals surface area (Å²) in [5.74, 6) is 1.05. The van der Waals surface area contributed by atoms with Crippen LogP contribution in [0.15, 0.2) is 43.0 Å². The fraction of sp³-hybridized carbons (Fsp3) is 0.381. The molecule has 3 heterocycles. The molecule has 1 aliphatic carbocycles. The number of likely N-dealkylation sites (tertiary alicyclic amines) is 1. The van der Waals surface area contributed by atoms with E-state index < -0.39 is 0 Å². The topological polar surface area (TPSA) is 65.1 Å². The standard InChI is InChI=1S/C21H23N5O/c1-25-12-14(21(27)26(2)19-11-22-6-7-23-19)8-16-15-4-3-5-17-20(15)13(10-24-17)9-18(16)25/h3-7,10-11,14,16,18,24H,8-9,12H2,1-2H3/t14-,16-,18-/m1/s1. The van der Waals surface area contributed by atoms with Crippen molar-refractivity contribution >= 4 is 22.6 Å². The van der Waals surface area contributed by atoms with Gasteiger partial charge in [-0.1, -0.05) is 12.1 Å². The highest BCUT2D eigenvalue weighted by Gasteiger charge is 2.42. The number of nitrogens with one attached hydrogen (secondary N) is 1. The van der Waals surface area contributed by atoms with Gasteiger partial charge in [0.25, 0.3) is 0 Å². The molecule has 27 heavy (non-hydrogen) atoms. The Balaban J connectivity index is 1.47. The molecular formula is C21H23N5O. The number of carbonyl (C=O) groups excluding carboxylic acids is 1. The second-order valence-electron chi connectivity index (χ2n) is 7.79. The van der Waals surface area contributed by atoms with Crippen LogP contribution in [0.5, 0.6) is 0 Å². The number of anilines is 1. The number of hydrogen-bond acceptors (Lipinski definition) is 4. The number of likely N-dealkylation sites (N-methyl/N-ethyl adjacent to an activating group) is 1. The molecule has 6 nitrogen and oxygen atoms in total. The number of piperidine rings is 1. The molecule has 1 fully saturated rings. The number of nitrogens with zero attached hydrogens (tertiary/aromatic N) is 4. The van der Waals surface area contributed by atoms with E-state index in [0.717, 1.165) is 19.4 Å². The highest BCUT2D eigenvalue weighted by Crippen LogP contribution is 2.44. The van der Waals surface area contributed by atoms with Gasteiger partial charge < -0.3 is 9.88 Å². The number of rotatable bonds is 2. The molecule has 5 rings (SSSR count). The molecule has 6 heteroatoms. The number of carbonyl (C=O) groups is 1. The first kappa shape index (κ1) is 16.4. The van der Waals surface area contributed by atoms with E-state index in [-0.39, 0.29) is 11.8 Å². The minimum Gasteiger partial charge on any atom is -0.361 e. The number of aromatic nitrogens is 3. The lowest BCUT2D eigenvalue weighted by Crippen LogP contribution is -2.51. The molecule has 2 aliphatic rings. The van der Waals surface area contributed by atoms with Crippen molar-refractivity contribution in [3.8, 4) is 0 Å². The highest BCUT2D eigenvalue weighted by atomic mass is 16.2. The molecule has 0 bridgehead atoms. The van der Waals surface area contributed by atoms with Crippen LogP contribution in [-0.4, -0.2) is 52.4 Å². The Morgan fingerprint density at radius 3 is 3.04 bits per heavy atom. The zero-order chi connectivity index (χ0) is 18.5. The van der Waals surface area contributed by atoms with Crippen molar-refractivity contribution in [2.75, 3.05) is 25.5 Å². The summed E-state index contributed by atoms with van der Waals surface area (Å²) in [6.07, 6.45) is 8.95. The van der Waals surface area contributed by atoms with Crippen LogP contribution in [0.2, 0.25) is 0 Å². The van der Waals surface area contributed by atoms with Gasteiger partial charge in [-0.25, -0.2) is 4.98 Å². The van der Waals surface area contributed by atoms with Crippen LogP contribution >= 0.6 is 0 Å². The largest absolute Gasteiger partial charge is 0.361 e. The lowest BCUT2D eigenvalue weighted by Gasteiger charge is -2.45. The van der Waals surface area contributed by atoms with Crippen LogP contribution in [0.25, 0.3) is 10.9 Å². The van der Waals surface area contributed by atoms with Crippen molar-refractivity contribution in [3.05, 3.63) is 54.1 Å². The average Bonchev–Trinajstić information content (AvgIpc) is 3.12. The van der Waals surface area contributed by atoms with Crippen molar-refractivity contribution < 1.29 is 4.79 Å². The summed E-state index contributed by atoms with van der Waals surface area (Å²) in [6.45, 7) is 0.778. The van der Waals surface area contributed by atoms with Crippen LogP contribution < -0.4 is 4.90 Å². The number of aromatic amines is 1. The van der Waals surface area contributed by atoms with Crippen LogP contribution in [-0.2, 0) is 11.2 Å². The maximum atomic E-state index is 13.2. The molecule has 0 unspecified atom stereocenters. The molecule has 3 aromatic rings. The van der Waals surface area contributed by atoms with Crippen molar-refractivity contribution in [1.29, 1.82) is 0 Å². The molecule has 1 amide bonds. The maximum Gasteiger partial charge on any atom is 0.232 e. The lowest BCUT2D eigenvalue weighted by molar-refractivity contribution is -0.124. The van der Waals surface area contributed by atoms with Gasteiger partial charge in [-0.05, 0) is 37.1 Å². The van der Waals surface area contributed by atoms with E-state index in [2.05, 4.69) is 51.3 Å². The molecule has 0 radical (unpaired) electrons. The maximum absolute atomic E-state index is 13.2. The average molecular weight is 361 g/mol. The molecule has 1 aliphatic heterocycles. The monoisotopic (exact) mass is 361 g/mol. The van der Waals surface area contributed by atoms with Gasteiger partial charge in [0.2, 0.25) is 5.91 Å². The van der Waals surface area contributed by atoms with Gasteiger partial charge in [0.05, 0.1) is 12.1 Å². The zero-order valence-corrected chi connectivity index (χ0v) is 15.6. The van der Waals surface area contributed by atoms with Crippen molar-refractivity contribution in [3.63, 3.8) is 0 Å². The molecule has 138 valence electrons. The summed E-state index contributed by atoms with van der Waals surface area (Å²) in [6, 6.07) is 6.95. The summed E-state index contributed by atoms with van der Waals surface area (Å²) in [5.41, 5.74) is 3.98. The quantitative estimate of drug-likeness (QED) is 0.762. The van der Waals surface area contributed by atoms with E-state index in [1.807, 2.05) is 0 Å². The predicted molar refractivity (Wildman–Crippen MR) is 105 cm³/mol. The van der Waals surface area contributed by atoms with Gasteiger partial charge in [-0.2, -0.15) is 0 Å². The number of amides is 1. The van der Waals surface area contributed by atoms with Crippen molar-refractivity contribution in [2.45, 2.75) is 24.8 Å². The van der Waals surface area contributed by atoms with Crippen molar-refractivity contribution in [2.24, 2.45) is 5.92 Å². The Bertz CT molecular complexity index is 998. The minimum atomic E-state index is -0.0426. The SMILES string of the molecule is CN(C(=O)[C@@H]1C[C@@H]2c3cccc4[nH]cc(c34)C[C@H]2N(C)C1)c1cnccn1. The van der Waals surface area contributed by atoms with E-state index in [9.17, 15) is 4.79 Å². The Kier molecular flexibility index (Phi) is 3.75. The third-order valence-corrected chi connectivity index (χ3v) is 6.30. The summed E-state index contributed by atoms with van der Waals surface area (Å²) in [4.78, 5) is 29.0. The molecule has 1 N–H and O–H groups in total. The summed E-state index contributed by atoms with van der Waals surface area (Å²) >= 11 is 0. The smallest absolute Gasteiger partial charge is 0.232 e. The van der Waals surface area contributed by atoms with Gasteiger partial charge in [0, 0.05) is 55.0 Å². The Morgan fingerprint density at radius 2 is 2.22 bits per heavy atom. The third kappa shape index (κ3) is 2.55. The molecular weight excluding hydrogens is 338 g/mol. The molecule has 1 aromatic carbocycles. The fourth-order valence-corrected chi connectivity index (χ4v) is 4.97. The molecule has 0 spiro atoms. The first-order valence-electron chi connectivity index (χ1n) is 9.46. The first-order valence-corrected chi connectivity index (χ1v) is 9.46. The Morgan fingerprint density at radius 1 is 1.33 bits per heavy atom. The van der Waals surface area contributed by atoms with Gasteiger partial charge >= 0.3 is 0 Å². The van der Waals surface area contributed by atoms with E-state index in [1.165, 1.54) is 22.0 Å². The number of benzene rings is 1. The van der Waals surface area contributed by atoms with E-state index in [0.29, 0.717) is 17.8 Å². The number of H-pyrrole nitrogens is 1. The second kappa shape index (κ2) is 6.16. The van der Waals surface area contributed by atoms with Gasteiger partial charge in [-0.15, -0.1) is 0 Å². The minimum absolute atomic E-state index is 0.0426. The first-order chi connectivity index (χ1) is 13.1. The van der Waals surface area contributed by atoms with E-state index in [4.69, 9.17) is 0 Å². The molecule has 0 saturated carbocycles. The zero-order valence-electron chi connectivity index (χ0n) is 15.6. The van der Waals surface area contributed by atoms with Crippen LogP contribution in [0, 0.1) is 5.92 Å². The summed E-state index contributed by atoms with van der Waals surface area (Å²) in [5, 5.41) is 1.36. The highest BCUT2D eigenvalue weighted by molar-refractivity contribution is 5.94. The summed E-state index contributed by atoms with van der Waals surface area (Å²) in [7, 11) is 3.95. The van der Waals surface area contributed by atoms with E-state index in [1.54, 1.807) is 30.5 Å². The number of fused-ring (bicyclic) bond motifs is 2. The Labute approximate surface area is 158 Å². The molecule has 2 aromatic heterocycles. The predicted octanol–water partition coefficient (Wildman–Crippen LogP) is 2.58. The molecule has 3 atom stereocenters. The second-order valence-corrected chi connectivity index (χ2v) is 7.79. The fourth-order valence-electron chi connectivity index (χ4n) is 4.97. The summed E-state index contributed by atoms with van der Waals surface area (Å²) < 4.78 is 0. The Hall–Kier alpha value is -2.73. The number of hydrogen-bond donors (Lipinski definition) is 1. The molecule has 1 saturated heterocycles.